The van der Waals surface area contributed by atoms with E-state index in [1.165, 1.54) is 11.3 Å². The molecular formula is C13H10O3S. The fourth-order valence-electron chi connectivity index (χ4n) is 1.98. The minimum atomic E-state index is -0.426. The first-order valence-electron chi connectivity index (χ1n) is 5.21. The summed E-state index contributed by atoms with van der Waals surface area (Å²) in [6, 6.07) is 9.61. The molecule has 2 aromatic rings. The monoisotopic (exact) mass is 246 g/mol. The van der Waals surface area contributed by atoms with Crippen LogP contribution in [0.3, 0.4) is 0 Å². The van der Waals surface area contributed by atoms with Gasteiger partial charge in [0.25, 0.3) is 0 Å². The van der Waals surface area contributed by atoms with Gasteiger partial charge in [-0.05, 0) is 18.2 Å². The van der Waals surface area contributed by atoms with Crippen molar-refractivity contribution in [2.45, 2.75) is 6.29 Å². The van der Waals surface area contributed by atoms with Crippen LogP contribution in [0, 0.1) is 0 Å². The molecule has 0 aliphatic carbocycles. The summed E-state index contributed by atoms with van der Waals surface area (Å²) < 4.78 is 11.0. The van der Waals surface area contributed by atoms with E-state index in [4.69, 9.17) is 9.47 Å². The van der Waals surface area contributed by atoms with Crippen molar-refractivity contribution in [2.75, 3.05) is 7.11 Å². The Kier molecular flexibility index (Phi) is 2.46. The maximum atomic E-state index is 10.9. The highest BCUT2D eigenvalue weighted by Gasteiger charge is 2.28. The largest absolute Gasteiger partial charge is 0.460 e. The number of carbonyl (C=O) groups excluding carboxylic acids is 1. The predicted molar refractivity (Wildman–Crippen MR) is 65.5 cm³/mol. The van der Waals surface area contributed by atoms with Gasteiger partial charge in [-0.2, -0.15) is 0 Å². The zero-order valence-electron chi connectivity index (χ0n) is 9.17. The van der Waals surface area contributed by atoms with E-state index in [9.17, 15) is 4.79 Å². The van der Waals surface area contributed by atoms with Gasteiger partial charge >= 0.3 is 0 Å². The summed E-state index contributed by atoms with van der Waals surface area (Å²) in [6.45, 7) is 0. The number of ether oxygens (including phenoxy) is 2. The quantitative estimate of drug-likeness (QED) is 0.763. The normalized spacial score (nSPS) is 16.9. The number of rotatable bonds is 2. The van der Waals surface area contributed by atoms with E-state index < -0.39 is 6.29 Å². The van der Waals surface area contributed by atoms with Gasteiger partial charge in [-0.3, -0.25) is 4.79 Å². The second-order valence-corrected chi connectivity index (χ2v) is 4.82. The molecule has 86 valence electrons. The fraction of sp³-hybridized carbons (Fsp3) is 0.154. The minimum absolute atomic E-state index is 0.426. The molecule has 3 nitrogen and oxygen atoms in total. The summed E-state index contributed by atoms with van der Waals surface area (Å²) in [5.41, 5.74) is 1.95. The Morgan fingerprint density at radius 2 is 2.24 bits per heavy atom. The van der Waals surface area contributed by atoms with Crippen molar-refractivity contribution in [3.05, 3.63) is 40.8 Å². The van der Waals surface area contributed by atoms with Gasteiger partial charge < -0.3 is 9.47 Å². The maximum absolute atomic E-state index is 10.9. The third-order valence-electron chi connectivity index (χ3n) is 2.73. The van der Waals surface area contributed by atoms with Gasteiger partial charge in [0.1, 0.15) is 5.75 Å². The van der Waals surface area contributed by atoms with Crippen LogP contribution in [0.15, 0.2) is 30.3 Å². The number of benzene rings is 1. The van der Waals surface area contributed by atoms with E-state index in [-0.39, 0.29) is 0 Å². The molecular weight excluding hydrogens is 236 g/mol. The molecule has 1 aromatic heterocycles. The standard InChI is InChI=1S/C13H10O3S/c1-15-13-10-6-8(7-14)17-12(10)9-4-2-3-5-11(9)16-13/h2-7,13H,1H3. The Morgan fingerprint density at radius 3 is 3.00 bits per heavy atom. The van der Waals surface area contributed by atoms with Crippen LogP contribution in [0.25, 0.3) is 10.4 Å². The summed E-state index contributed by atoms with van der Waals surface area (Å²) in [4.78, 5) is 12.6. The molecule has 0 spiro atoms. The summed E-state index contributed by atoms with van der Waals surface area (Å²) in [7, 11) is 1.60. The zero-order chi connectivity index (χ0) is 11.8. The van der Waals surface area contributed by atoms with Gasteiger partial charge in [-0.15, -0.1) is 11.3 Å². The third-order valence-corrected chi connectivity index (χ3v) is 3.84. The SMILES string of the molecule is COC1Oc2ccccc2-c2sc(C=O)cc21. The molecule has 1 aromatic carbocycles. The first-order valence-corrected chi connectivity index (χ1v) is 6.03. The van der Waals surface area contributed by atoms with Gasteiger partial charge in [0.2, 0.25) is 6.29 Å². The summed E-state index contributed by atoms with van der Waals surface area (Å²) in [5.74, 6) is 0.797. The summed E-state index contributed by atoms with van der Waals surface area (Å²) in [6.07, 6.45) is 0.433. The van der Waals surface area contributed by atoms with E-state index in [1.807, 2.05) is 30.3 Å². The molecule has 0 radical (unpaired) electrons. The molecule has 17 heavy (non-hydrogen) atoms. The summed E-state index contributed by atoms with van der Waals surface area (Å²) in [5, 5.41) is 0. The summed E-state index contributed by atoms with van der Waals surface area (Å²) >= 11 is 1.47. The molecule has 4 heteroatoms. The van der Waals surface area contributed by atoms with Crippen molar-refractivity contribution < 1.29 is 14.3 Å². The van der Waals surface area contributed by atoms with Crippen LogP contribution < -0.4 is 4.74 Å². The van der Waals surface area contributed by atoms with E-state index in [1.54, 1.807) is 7.11 Å². The second-order valence-electron chi connectivity index (χ2n) is 3.73. The van der Waals surface area contributed by atoms with Crippen LogP contribution >= 0.6 is 11.3 Å². The Bertz CT molecular complexity index is 574. The fourth-order valence-corrected chi connectivity index (χ4v) is 3.00. The molecule has 2 heterocycles. The number of aldehydes is 1. The van der Waals surface area contributed by atoms with Crippen molar-refractivity contribution in [2.24, 2.45) is 0 Å². The number of hydrogen-bond acceptors (Lipinski definition) is 4. The predicted octanol–water partition coefficient (Wildman–Crippen LogP) is 3.27. The van der Waals surface area contributed by atoms with Gasteiger partial charge in [-0.1, -0.05) is 12.1 Å². The zero-order valence-corrected chi connectivity index (χ0v) is 9.99. The van der Waals surface area contributed by atoms with Crippen LogP contribution in [0.2, 0.25) is 0 Å². The van der Waals surface area contributed by atoms with Gasteiger partial charge in [0, 0.05) is 23.1 Å². The average Bonchev–Trinajstić information content (AvgIpc) is 2.82. The molecule has 0 saturated carbocycles. The lowest BCUT2D eigenvalue weighted by Crippen LogP contribution is -2.13. The highest BCUT2D eigenvalue weighted by Crippen LogP contribution is 2.46. The van der Waals surface area contributed by atoms with Crippen molar-refractivity contribution in [3.63, 3.8) is 0 Å². The number of para-hydroxylation sites is 1. The molecule has 1 atom stereocenters. The van der Waals surface area contributed by atoms with Crippen LogP contribution in [0.4, 0.5) is 0 Å². The van der Waals surface area contributed by atoms with E-state index in [0.29, 0.717) is 4.88 Å². The lowest BCUT2D eigenvalue weighted by molar-refractivity contribution is -0.0574. The van der Waals surface area contributed by atoms with E-state index in [2.05, 4.69) is 0 Å². The van der Waals surface area contributed by atoms with Crippen molar-refractivity contribution in [3.8, 4) is 16.2 Å². The topological polar surface area (TPSA) is 35.5 Å². The first kappa shape index (κ1) is 10.5. The minimum Gasteiger partial charge on any atom is -0.460 e. The van der Waals surface area contributed by atoms with Gasteiger partial charge in [0.05, 0.1) is 4.88 Å². The molecule has 3 rings (SSSR count). The van der Waals surface area contributed by atoms with Crippen LogP contribution in [0.1, 0.15) is 21.5 Å². The van der Waals surface area contributed by atoms with Crippen LogP contribution in [0.5, 0.6) is 5.75 Å². The highest BCUT2D eigenvalue weighted by atomic mass is 32.1. The van der Waals surface area contributed by atoms with E-state index in [0.717, 1.165) is 28.0 Å². The first-order chi connectivity index (χ1) is 8.33. The molecule has 1 unspecified atom stereocenters. The number of hydrogen-bond donors (Lipinski definition) is 0. The van der Waals surface area contributed by atoms with Crippen molar-refractivity contribution in [1.82, 2.24) is 0 Å². The molecule has 1 aliphatic heterocycles. The lowest BCUT2D eigenvalue weighted by Gasteiger charge is -2.24. The average molecular weight is 246 g/mol. The van der Waals surface area contributed by atoms with Crippen LogP contribution in [-0.4, -0.2) is 13.4 Å². The van der Waals surface area contributed by atoms with Crippen LogP contribution in [-0.2, 0) is 4.74 Å². The molecule has 1 aliphatic rings. The molecule has 0 amide bonds. The Hall–Kier alpha value is -1.65. The van der Waals surface area contributed by atoms with E-state index >= 15 is 0 Å². The number of methoxy groups -OCH3 is 1. The second kappa shape index (κ2) is 3.98. The molecule has 0 N–H and O–H groups in total. The van der Waals surface area contributed by atoms with Gasteiger partial charge in [0.15, 0.2) is 6.29 Å². The maximum Gasteiger partial charge on any atom is 0.227 e. The Morgan fingerprint density at radius 1 is 1.41 bits per heavy atom. The molecule has 0 bridgehead atoms. The molecule has 0 fully saturated rings. The molecule has 0 saturated heterocycles. The smallest absolute Gasteiger partial charge is 0.227 e. The van der Waals surface area contributed by atoms with Crippen molar-refractivity contribution in [1.29, 1.82) is 0 Å². The lowest BCUT2D eigenvalue weighted by atomic mass is 10.1. The Balaban J connectivity index is 2.23. The highest BCUT2D eigenvalue weighted by molar-refractivity contribution is 7.17. The van der Waals surface area contributed by atoms with Gasteiger partial charge in [-0.25, -0.2) is 0 Å². The van der Waals surface area contributed by atoms with Crippen molar-refractivity contribution >= 4 is 17.6 Å². The number of carbonyl (C=O) groups is 1. The third kappa shape index (κ3) is 1.57. The number of fused-ring (bicyclic) bond motifs is 3. The Labute approximate surface area is 103 Å². The number of thiophene rings is 1.